The molecule has 1 aromatic heterocycles. The van der Waals surface area contributed by atoms with Crippen molar-refractivity contribution in [1.29, 1.82) is 0 Å². The van der Waals surface area contributed by atoms with E-state index in [4.69, 9.17) is 0 Å². The van der Waals surface area contributed by atoms with Crippen LogP contribution in [0.15, 0.2) is 90.0 Å². The predicted octanol–water partition coefficient (Wildman–Crippen LogP) is 6.39. The van der Waals surface area contributed by atoms with Crippen molar-refractivity contribution in [2.75, 3.05) is 0 Å². The van der Waals surface area contributed by atoms with Gasteiger partial charge in [0.05, 0.1) is 10.4 Å². The van der Waals surface area contributed by atoms with Gasteiger partial charge in [-0.05, 0) is 30.7 Å². The summed E-state index contributed by atoms with van der Waals surface area (Å²) in [4.78, 5) is 11.7. The van der Waals surface area contributed by atoms with Gasteiger partial charge in [0.1, 0.15) is 0 Å². The van der Waals surface area contributed by atoms with Gasteiger partial charge in [0.2, 0.25) is 0 Å². The zero-order valence-electron chi connectivity index (χ0n) is 14.8. The van der Waals surface area contributed by atoms with Crippen LogP contribution < -0.4 is 0 Å². The molecule has 0 saturated carbocycles. The van der Waals surface area contributed by atoms with E-state index in [1.165, 1.54) is 15.8 Å². The van der Waals surface area contributed by atoms with Crippen LogP contribution in [0.3, 0.4) is 0 Å². The van der Waals surface area contributed by atoms with Gasteiger partial charge in [0, 0.05) is 39.5 Å². The number of hydrogen-bond donors (Lipinski definition) is 0. The molecule has 1 heterocycles. The van der Waals surface area contributed by atoms with Gasteiger partial charge in [0.15, 0.2) is 0 Å². The minimum atomic E-state index is -0.375. The molecule has 1 atom stereocenters. The molecular formula is C22H18N2O2S. The first-order chi connectivity index (χ1) is 13.1. The van der Waals surface area contributed by atoms with Crippen molar-refractivity contribution in [3.8, 4) is 5.69 Å². The standard InChI is InChI=1S/C22H18N2O2S/c1-16(17-7-3-2-4-8-17)27-22-15-23(21-10-6-5-9-20(21)22)18-11-13-19(14-12-18)24(25)26/h2-16H,1H3. The summed E-state index contributed by atoms with van der Waals surface area (Å²) in [6, 6.07) is 25.4. The van der Waals surface area contributed by atoms with E-state index in [-0.39, 0.29) is 10.6 Å². The summed E-state index contributed by atoms with van der Waals surface area (Å²) in [5, 5.41) is 12.4. The summed E-state index contributed by atoms with van der Waals surface area (Å²) in [5.74, 6) is 0. The summed E-state index contributed by atoms with van der Waals surface area (Å²) < 4.78 is 2.10. The fourth-order valence-electron chi connectivity index (χ4n) is 3.17. The molecule has 0 amide bonds. The monoisotopic (exact) mass is 374 g/mol. The summed E-state index contributed by atoms with van der Waals surface area (Å²) >= 11 is 1.82. The highest BCUT2D eigenvalue weighted by Gasteiger charge is 2.15. The highest BCUT2D eigenvalue weighted by Crippen LogP contribution is 2.40. The number of thioether (sulfide) groups is 1. The van der Waals surface area contributed by atoms with Crippen LogP contribution >= 0.6 is 11.8 Å². The number of nitrogens with zero attached hydrogens (tertiary/aromatic N) is 2. The van der Waals surface area contributed by atoms with E-state index in [2.05, 4.69) is 54.1 Å². The van der Waals surface area contributed by atoms with Crippen molar-refractivity contribution in [2.45, 2.75) is 17.1 Å². The number of hydrogen-bond acceptors (Lipinski definition) is 3. The molecule has 0 bridgehead atoms. The minimum absolute atomic E-state index is 0.0995. The number of aromatic nitrogens is 1. The molecule has 4 nitrogen and oxygen atoms in total. The molecule has 0 saturated heterocycles. The molecule has 4 rings (SSSR count). The zero-order chi connectivity index (χ0) is 18.8. The third-order valence-electron chi connectivity index (χ3n) is 4.59. The Balaban J connectivity index is 1.74. The smallest absolute Gasteiger partial charge is 0.269 e. The summed E-state index contributed by atoms with van der Waals surface area (Å²) in [6.07, 6.45) is 2.12. The van der Waals surface area contributed by atoms with Crippen molar-refractivity contribution in [2.24, 2.45) is 0 Å². The van der Waals surface area contributed by atoms with Crippen LogP contribution in [0, 0.1) is 10.1 Å². The third kappa shape index (κ3) is 3.46. The molecule has 27 heavy (non-hydrogen) atoms. The maximum absolute atomic E-state index is 10.9. The molecule has 0 fully saturated rings. The largest absolute Gasteiger partial charge is 0.315 e. The molecule has 0 aliphatic heterocycles. The van der Waals surface area contributed by atoms with E-state index in [1.54, 1.807) is 24.3 Å². The summed E-state index contributed by atoms with van der Waals surface area (Å²) in [7, 11) is 0. The third-order valence-corrected chi connectivity index (χ3v) is 5.79. The maximum Gasteiger partial charge on any atom is 0.269 e. The van der Waals surface area contributed by atoms with E-state index in [1.807, 2.05) is 30.0 Å². The lowest BCUT2D eigenvalue weighted by molar-refractivity contribution is -0.384. The SMILES string of the molecule is CC(Sc1cn(-c2ccc([N+](=O)[O-])cc2)c2ccccc12)c1ccccc1. The second-order valence-corrected chi connectivity index (χ2v) is 7.71. The van der Waals surface area contributed by atoms with Crippen LogP contribution in [-0.2, 0) is 0 Å². The molecular weight excluding hydrogens is 356 g/mol. The first-order valence-electron chi connectivity index (χ1n) is 8.70. The number of fused-ring (bicyclic) bond motifs is 1. The first kappa shape index (κ1) is 17.4. The fourth-order valence-corrected chi connectivity index (χ4v) is 4.31. The second kappa shape index (κ2) is 7.29. The Morgan fingerprint density at radius 1 is 0.926 bits per heavy atom. The van der Waals surface area contributed by atoms with E-state index >= 15 is 0 Å². The van der Waals surface area contributed by atoms with Crippen LogP contribution in [-0.4, -0.2) is 9.49 Å². The Morgan fingerprint density at radius 2 is 1.59 bits per heavy atom. The Hall–Kier alpha value is -3.05. The van der Waals surface area contributed by atoms with Crippen molar-refractivity contribution in [1.82, 2.24) is 4.57 Å². The number of nitro groups is 1. The topological polar surface area (TPSA) is 48.1 Å². The minimum Gasteiger partial charge on any atom is -0.315 e. The quantitative estimate of drug-likeness (QED) is 0.231. The number of benzene rings is 3. The van der Waals surface area contributed by atoms with E-state index < -0.39 is 0 Å². The zero-order valence-corrected chi connectivity index (χ0v) is 15.6. The second-order valence-electron chi connectivity index (χ2n) is 6.32. The van der Waals surface area contributed by atoms with Gasteiger partial charge in [-0.1, -0.05) is 48.5 Å². The Kier molecular flexibility index (Phi) is 4.69. The molecule has 3 aromatic carbocycles. The molecule has 134 valence electrons. The molecule has 1 unspecified atom stereocenters. The van der Waals surface area contributed by atoms with Gasteiger partial charge < -0.3 is 4.57 Å². The lowest BCUT2D eigenvalue weighted by Gasteiger charge is -2.10. The number of nitro benzene ring substituents is 1. The maximum atomic E-state index is 10.9. The van der Waals surface area contributed by atoms with Crippen LogP contribution in [0.5, 0.6) is 0 Å². The Morgan fingerprint density at radius 3 is 2.30 bits per heavy atom. The van der Waals surface area contributed by atoms with Crippen LogP contribution in [0.2, 0.25) is 0 Å². The fraction of sp³-hybridized carbons (Fsp3) is 0.0909. The lowest BCUT2D eigenvalue weighted by atomic mass is 10.2. The van der Waals surface area contributed by atoms with Crippen molar-refractivity contribution in [3.63, 3.8) is 0 Å². The molecule has 0 radical (unpaired) electrons. The van der Waals surface area contributed by atoms with E-state index in [9.17, 15) is 10.1 Å². The van der Waals surface area contributed by atoms with Crippen molar-refractivity contribution in [3.05, 3.63) is 101 Å². The first-order valence-corrected chi connectivity index (χ1v) is 9.58. The lowest BCUT2D eigenvalue weighted by Crippen LogP contribution is -1.93. The Bertz CT molecular complexity index is 1090. The molecule has 5 heteroatoms. The van der Waals surface area contributed by atoms with Crippen LogP contribution in [0.25, 0.3) is 16.6 Å². The van der Waals surface area contributed by atoms with E-state index in [0.717, 1.165) is 11.2 Å². The number of rotatable bonds is 5. The van der Waals surface area contributed by atoms with Gasteiger partial charge in [-0.2, -0.15) is 0 Å². The van der Waals surface area contributed by atoms with Crippen LogP contribution in [0.1, 0.15) is 17.7 Å². The number of non-ortho nitro benzene ring substituents is 1. The van der Waals surface area contributed by atoms with Gasteiger partial charge in [0.25, 0.3) is 5.69 Å². The predicted molar refractivity (Wildman–Crippen MR) is 111 cm³/mol. The normalized spacial score (nSPS) is 12.2. The highest BCUT2D eigenvalue weighted by atomic mass is 32.2. The Labute approximate surface area is 161 Å². The van der Waals surface area contributed by atoms with E-state index in [0.29, 0.717) is 5.25 Å². The van der Waals surface area contributed by atoms with Crippen molar-refractivity contribution < 1.29 is 4.92 Å². The molecule has 0 N–H and O–H groups in total. The van der Waals surface area contributed by atoms with Gasteiger partial charge in [-0.3, -0.25) is 10.1 Å². The average Bonchev–Trinajstić information content (AvgIpc) is 3.07. The highest BCUT2D eigenvalue weighted by molar-refractivity contribution is 7.99. The van der Waals surface area contributed by atoms with Crippen LogP contribution in [0.4, 0.5) is 5.69 Å². The van der Waals surface area contributed by atoms with Gasteiger partial charge in [-0.15, -0.1) is 11.8 Å². The molecule has 0 aliphatic rings. The molecule has 0 aliphatic carbocycles. The molecule has 4 aromatic rings. The van der Waals surface area contributed by atoms with Gasteiger partial charge in [-0.25, -0.2) is 0 Å². The number of para-hydroxylation sites is 1. The van der Waals surface area contributed by atoms with Crippen molar-refractivity contribution >= 4 is 28.4 Å². The molecule has 0 spiro atoms. The summed E-state index contributed by atoms with van der Waals surface area (Å²) in [6.45, 7) is 2.21. The summed E-state index contributed by atoms with van der Waals surface area (Å²) in [5.41, 5.74) is 3.39. The average molecular weight is 374 g/mol. The van der Waals surface area contributed by atoms with Gasteiger partial charge >= 0.3 is 0 Å².